The molecular formula is C24H34N6. The number of hydrogen-bond donors (Lipinski definition) is 2. The minimum atomic E-state index is 0.923. The van der Waals surface area contributed by atoms with Crippen LogP contribution >= 0.6 is 0 Å². The average Bonchev–Trinajstić information content (AvgIpc) is 2.79. The Kier molecular flexibility index (Phi) is 7.99. The van der Waals surface area contributed by atoms with Gasteiger partial charge in [-0.25, -0.2) is 0 Å². The average molecular weight is 407 g/mol. The Hall–Kier alpha value is -2.70. The minimum absolute atomic E-state index is 0.923. The van der Waals surface area contributed by atoms with Crippen molar-refractivity contribution in [1.29, 1.82) is 0 Å². The fraction of sp³-hybridized carbons (Fsp3) is 0.417. The maximum atomic E-state index is 4.27. The molecule has 1 saturated heterocycles. The third-order valence-corrected chi connectivity index (χ3v) is 5.65. The maximum Gasteiger partial charge on any atom is 0.127 e. The van der Waals surface area contributed by atoms with E-state index in [4.69, 9.17) is 0 Å². The van der Waals surface area contributed by atoms with E-state index >= 15 is 0 Å². The smallest absolute Gasteiger partial charge is 0.127 e. The standard InChI is InChI=1S/C24H34N6/c1-25-23(26-2)21-9-5-19(6-10-21)17-29-13-15-30(16-14-29)18-20-7-11-22(12-8-20)24(27-3)28-4/h5-12H,13-18H2,1-4H3,(H,25,26)(H,27,28). The molecule has 2 N–H and O–H groups in total. The van der Waals surface area contributed by atoms with Crippen LogP contribution in [-0.2, 0) is 13.1 Å². The second-order valence-corrected chi connectivity index (χ2v) is 7.59. The highest BCUT2D eigenvalue weighted by molar-refractivity contribution is 5.99. The molecule has 30 heavy (non-hydrogen) atoms. The van der Waals surface area contributed by atoms with Gasteiger partial charge in [-0.15, -0.1) is 0 Å². The number of nitrogens with one attached hydrogen (secondary N) is 2. The highest BCUT2D eigenvalue weighted by atomic mass is 15.3. The number of nitrogens with zero attached hydrogens (tertiary/aromatic N) is 4. The molecule has 160 valence electrons. The Morgan fingerprint density at radius 1 is 0.667 bits per heavy atom. The number of amidine groups is 2. The lowest BCUT2D eigenvalue weighted by Gasteiger charge is -2.34. The fourth-order valence-corrected chi connectivity index (χ4v) is 3.93. The Bertz CT molecular complexity index is 773. The van der Waals surface area contributed by atoms with E-state index in [-0.39, 0.29) is 0 Å². The lowest BCUT2D eigenvalue weighted by Crippen LogP contribution is -2.45. The SMILES string of the molecule is CN=C(NC)c1ccc(CN2CCN(Cc3ccc(C(=NC)NC)cc3)CC2)cc1. The summed E-state index contributed by atoms with van der Waals surface area (Å²) in [5.74, 6) is 1.85. The largest absolute Gasteiger partial charge is 0.373 e. The van der Waals surface area contributed by atoms with Gasteiger partial charge >= 0.3 is 0 Å². The number of aliphatic imine (C=N–C) groups is 2. The Balaban J connectivity index is 1.48. The van der Waals surface area contributed by atoms with E-state index in [1.165, 1.54) is 11.1 Å². The highest BCUT2D eigenvalue weighted by Crippen LogP contribution is 2.13. The second-order valence-electron chi connectivity index (χ2n) is 7.59. The summed E-state index contributed by atoms with van der Waals surface area (Å²) >= 11 is 0. The first-order valence-electron chi connectivity index (χ1n) is 10.6. The van der Waals surface area contributed by atoms with E-state index in [9.17, 15) is 0 Å². The Labute approximate surface area is 180 Å². The summed E-state index contributed by atoms with van der Waals surface area (Å²) in [5, 5.41) is 6.27. The maximum absolute atomic E-state index is 4.27. The van der Waals surface area contributed by atoms with E-state index in [0.717, 1.165) is 62.1 Å². The molecule has 0 aliphatic carbocycles. The van der Waals surface area contributed by atoms with Crippen LogP contribution in [0.3, 0.4) is 0 Å². The molecule has 6 heteroatoms. The molecule has 6 nitrogen and oxygen atoms in total. The van der Waals surface area contributed by atoms with Gasteiger partial charge in [0.15, 0.2) is 0 Å². The van der Waals surface area contributed by atoms with Gasteiger partial charge in [0.2, 0.25) is 0 Å². The van der Waals surface area contributed by atoms with Crippen LogP contribution in [0.1, 0.15) is 22.3 Å². The quantitative estimate of drug-likeness (QED) is 0.570. The summed E-state index contributed by atoms with van der Waals surface area (Å²) in [6.45, 7) is 6.41. The van der Waals surface area contributed by atoms with Gasteiger partial charge in [-0.3, -0.25) is 19.8 Å². The molecule has 1 heterocycles. The number of rotatable bonds is 6. The first-order chi connectivity index (χ1) is 14.7. The van der Waals surface area contributed by atoms with E-state index in [1.807, 2.05) is 28.2 Å². The topological polar surface area (TPSA) is 55.3 Å². The lowest BCUT2D eigenvalue weighted by atomic mass is 10.1. The van der Waals surface area contributed by atoms with Crippen molar-refractivity contribution >= 4 is 11.7 Å². The Morgan fingerprint density at radius 2 is 1.00 bits per heavy atom. The van der Waals surface area contributed by atoms with Crippen LogP contribution < -0.4 is 10.6 Å². The van der Waals surface area contributed by atoms with Gasteiger partial charge in [-0.2, -0.15) is 0 Å². The first kappa shape index (κ1) is 22.0. The van der Waals surface area contributed by atoms with Gasteiger partial charge < -0.3 is 10.6 Å². The van der Waals surface area contributed by atoms with Gasteiger partial charge in [0.05, 0.1) is 0 Å². The molecule has 0 saturated carbocycles. The zero-order chi connectivity index (χ0) is 21.3. The zero-order valence-electron chi connectivity index (χ0n) is 18.7. The molecule has 2 aromatic rings. The van der Waals surface area contributed by atoms with E-state index in [1.54, 1.807) is 0 Å². The predicted molar refractivity (Wildman–Crippen MR) is 126 cm³/mol. The molecular weight excluding hydrogens is 372 g/mol. The van der Waals surface area contributed by atoms with Crippen LogP contribution in [0.5, 0.6) is 0 Å². The fourth-order valence-electron chi connectivity index (χ4n) is 3.93. The van der Waals surface area contributed by atoms with Crippen LogP contribution in [0.15, 0.2) is 58.5 Å². The van der Waals surface area contributed by atoms with Crippen LogP contribution in [-0.4, -0.2) is 75.8 Å². The summed E-state index contributed by atoms with van der Waals surface area (Å²) in [4.78, 5) is 13.6. The van der Waals surface area contributed by atoms with Gasteiger partial charge in [0.1, 0.15) is 11.7 Å². The third kappa shape index (κ3) is 5.68. The molecule has 1 aliphatic rings. The molecule has 0 aromatic heterocycles. The van der Waals surface area contributed by atoms with Gasteiger partial charge in [0, 0.05) is 78.6 Å². The molecule has 0 unspecified atom stereocenters. The molecule has 0 bridgehead atoms. The summed E-state index contributed by atoms with van der Waals surface area (Å²) in [7, 11) is 7.44. The van der Waals surface area contributed by atoms with Crippen LogP contribution in [0, 0.1) is 0 Å². The van der Waals surface area contributed by atoms with E-state index < -0.39 is 0 Å². The molecule has 0 amide bonds. The number of piperazine rings is 1. The van der Waals surface area contributed by atoms with Crippen molar-refractivity contribution in [2.24, 2.45) is 9.98 Å². The molecule has 0 atom stereocenters. The number of benzene rings is 2. The predicted octanol–water partition coefficient (Wildman–Crippen LogP) is 2.20. The van der Waals surface area contributed by atoms with Crippen LogP contribution in [0.4, 0.5) is 0 Å². The van der Waals surface area contributed by atoms with Gasteiger partial charge in [-0.1, -0.05) is 48.5 Å². The minimum Gasteiger partial charge on any atom is -0.373 e. The van der Waals surface area contributed by atoms with Crippen molar-refractivity contribution in [1.82, 2.24) is 20.4 Å². The normalized spacial score (nSPS) is 16.5. The first-order valence-corrected chi connectivity index (χ1v) is 10.6. The van der Waals surface area contributed by atoms with Crippen LogP contribution in [0.25, 0.3) is 0 Å². The molecule has 0 spiro atoms. The molecule has 2 aromatic carbocycles. The van der Waals surface area contributed by atoms with Crippen molar-refractivity contribution in [2.45, 2.75) is 13.1 Å². The van der Waals surface area contributed by atoms with Gasteiger partial charge in [-0.05, 0) is 11.1 Å². The monoisotopic (exact) mass is 406 g/mol. The van der Waals surface area contributed by atoms with E-state index in [0.29, 0.717) is 0 Å². The highest BCUT2D eigenvalue weighted by Gasteiger charge is 2.17. The summed E-state index contributed by atoms with van der Waals surface area (Å²) in [6, 6.07) is 17.5. The summed E-state index contributed by atoms with van der Waals surface area (Å²) < 4.78 is 0. The lowest BCUT2D eigenvalue weighted by molar-refractivity contribution is 0.122. The third-order valence-electron chi connectivity index (χ3n) is 5.65. The van der Waals surface area contributed by atoms with Crippen LogP contribution in [0.2, 0.25) is 0 Å². The summed E-state index contributed by atoms with van der Waals surface area (Å²) in [5.41, 5.74) is 4.97. The van der Waals surface area contributed by atoms with Crippen molar-refractivity contribution in [3.63, 3.8) is 0 Å². The van der Waals surface area contributed by atoms with Gasteiger partial charge in [0.25, 0.3) is 0 Å². The molecule has 1 fully saturated rings. The van der Waals surface area contributed by atoms with E-state index in [2.05, 4.69) is 78.9 Å². The molecule has 0 radical (unpaired) electrons. The molecule has 1 aliphatic heterocycles. The van der Waals surface area contributed by atoms with Crippen molar-refractivity contribution < 1.29 is 0 Å². The Morgan fingerprint density at radius 3 is 1.27 bits per heavy atom. The number of hydrogen-bond acceptors (Lipinski definition) is 4. The second kappa shape index (κ2) is 10.9. The van der Waals surface area contributed by atoms with Crippen molar-refractivity contribution in [3.05, 3.63) is 70.8 Å². The summed E-state index contributed by atoms with van der Waals surface area (Å²) in [6.07, 6.45) is 0. The zero-order valence-corrected chi connectivity index (χ0v) is 18.7. The molecule has 3 rings (SSSR count). The van der Waals surface area contributed by atoms with Crippen molar-refractivity contribution in [3.8, 4) is 0 Å². The van der Waals surface area contributed by atoms with Crippen molar-refractivity contribution in [2.75, 3.05) is 54.4 Å².